The SMILES string of the molecule is CC1=CC(c2cccc(F)c2)C(C(=O)O)=C(C)N1C1=NC(N(C)Cc2ccccc2)N(C)O1. The van der Waals surface area contributed by atoms with Crippen LogP contribution in [0.1, 0.15) is 30.9 Å². The summed E-state index contributed by atoms with van der Waals surface area (Å²) < 4.78 is 13.8. The Morgan fingerprint density at radius 1 is 1.18 bits per heavy atom. The van der Waals surface area contributed by atoms with E-state index in [4.69, 9.17) is 9.83 Å². The van der Waals surface area contributed by atoms with Crippen molar-refractivity contribution in [1.29, 1.82) is 0 Å². The third-order valence-electron chi connectivity index (χ3n) is 5.87. The van der Waals surface area contributed by atoms with Gasteiger partial charge in [-0.05, 0) is 44.2 Å². The van der Waals surface area contributed by atoms with Crippen molar-refractivity contribution >= 4 is 12.0 Å². The van der Waals surface area contributed by atoms with E-state index in [0.717, 1.165) is 11.3 Å². The molecule has 2 aliphatic rings. The van der Waals surface area contributed by atoms with Crippen LogP contribution < -0.4 is 0 Å². The van der Waals surface area contributed by atoms with E-state index in [0.29, 0.717) is 23.8 Å². The summed E-state index contributed by atoms with van der Waals surface area (Å²) in [6.07, 6.45) is 1.42. The Labute approximate surface area is 192 Å². The quantitative estimate of drug-likeness (QED) is 0.739. The van der Waals surface area contributed by atoms with Crippen molar-refractivity contribution in [2.24, 2.45) is 4.99 Å². The zero-order valence-corrected chi connectivity index (χ0v) is 19.1. The lowest BCUT2D eigenvalue weighted by molar-refractivity contribution is -0.133. The Balaban J connectivity index is 1.65. The molecular formula is C25H27FN4O3. The Kier molecular flexibility index (Phi) is 6.31. The molecular weight excluding hydrogens is 423 g/mol. The van der Waals surface area contributed by atoms with E-state index in [1.165, 1.54) is 12.1 Å². The van der Waals surface area contributed by atoms with Gasteiger partial charge in [0.25, 0.3) is 0 Å². The Morgan fingerprint density at radius 3 is 2.58 bits per heavy atom. The van der Waals surface area contributed by atoms with Crippen LogP contribution in [0.3, 0.4) is 0 Å². The highest BCUT2D eigenvalue weighted by Gasteiger charge is 2.38. The standard InChI is InChI=1S/C25H27FN4O3/c1-16-13-21(19-11-8-12-20(26)14-19)22(23(31)32)17(2)30(16)25-27-24(29(4)33-25)28(3)15-18-9-6-5-7-10-18/h5-14,21,24H,15H2,1-4H3,(H,31,32). The lowest BCUT2D eigenvalue weighted by atomic mass is 9.86. The van der Waals surface area contributed by atoms with Crippen LogP contribution in [0.5, 0.6) is 0 Å². The molecule has 0 radical (unpaired) electrons. The number of nitrogens with zero attached hydrogens (tertiary/aromatic N) is 4. The van der Waals surface area contributed by atoms with Gasteiger partial charge in [0.2, 0.25) is 0 Å². The van der Waals surface area contributed by atoms with E-state index in [9.17, 15) is 14.3 Å². The van der Waals surface area contributed by atoms with Crippen molar-refractivity contribution in [3.05, 3.63) is 94.6 Å². The Morgan fingerprint density at radius 2 is 1.91 bits per heavy atom. The molecule has 0 aromatic heterocycles. The molecule has 0 fully saturated rings. The monoisotopic (exact) mass is 450 g/mol. The Bertz CT molecular complexity index is 1150. The third-order valence-corrected chi connectivity index (χ3v) is 5.87. The average Bonchev–Trinajstić information content (AvgIpc) is 3.15. The van der Waals surface area contributed by atoms with E-state index in [2.05, 4.69) is 0 Å². The summed E-state index contributed by atoms with van der Waals surface area (Å²) >= 11 is 0. The van der Waals surface area contributed by atoms with Gasteiger partial charge in [-0.25, -0.2) is 9.18 Å². The molecule has 2 atom stereocenters. The summed E-state index contributed by atoms with van der Waals surface area (Å²) in [4.78, 5) is 26.7. The number of rotatable bonds is 5. The fourth-order valence-electron chi connectivity index (χ4n) is 4.36. The molecule has 2 aromatic carbocycles. The second kappa shape index (κ2) is 9.17. The molecule has 2 aromatic rings. The molecule has 2 heterocycles. The van der Waals surface area contributed by atoms with Crippen LogP contribution in [0.25, 0.3) is 0 Å². The summed E-state index contributed by atoms with van der Waals surface area (Å²) in [6.45, 7) is 4.25. The first-order valence-corrected chi connectivity index (χ1v) is 10.7. The minimum absolute atomic E-state index is 0.154. The number of amidine groups is 1. The number of carbonyl (C=O) groups is 1. The van der Waals surface area contributed by atoms with Gasteiger partial charge in [-0.2, -0.15) is 4.99 Å². The molecule has 1 N–H and O–H groups in total. The van der Waals surface area contributed by atoms with Crippen LogP contribution >= 0.6 is 0 Å². The molecule has 8 heteroatoms. The van der Waals surface area contributed by atoms with Gasteiger partial charge in [0, 0.05) is 30.9 Å². The van der Waals surface area contributed by atoms with Crippen molar-refractivity contribution in [1.82, 2.24) is 14.9 Å². The second-order valence-electron chi connectivity index (χ2n) is 8.28. The lowest BCUT2D eigenvalue weighted by Gasteiger charge is -2.33. The summed E-state index contributed by atoms with van der Waals surface area (Å²) in [6, 6.07) is 16.4. The zero-order valence-electron chi connectivity index (χ0n) is 19.1. The van der Waals surface area contributed by atoms with Crippen LogP contribution in [0.15, 0.2) is 82.6 Å². The molecule has 33 heavy (non-hydrogen) atoms. The number of carboxylic acid groups (broad SMARTS) is 1. The minimum Gasteiger partial charge on any atom is -0.478 e. The van der Waals surface area contributed by atoms with E-state index in [1.807, 2.05) is 49.2 Å². The summed E-state index contributed by atoms with van der Waals surface area (Å²) in [7, 11) is 3.74. The normalized spacial score (nSPS) is 21.2. The Hall–Kier alpha value is -3.49. The molecule has 0 spiro atoms. The van der Waals surface area contributed by atoms with Crippen molar-refractivity contribution in [3.8, 4) is 0 Å². The zero-order chi connectivity index (χ0) is 23.7. The van der Waals surface area contributed by atoms with E-state index in [-0.39, 0.29) is 11.9 Å². The molecule has 0 saturated carbocycles. The van der Waals surface area contributed by atoms with Gasteiger partial charge in [0.05, 0.1) is 5.57 Å². The van der Waals surface area contributed by atoms with Gasteiger partial charge in [-0.3, -0.25) is 9.80 Å². The topological polar surface area (TPSA) is 68.6 Å². The van der Waals surface area contributed by atoms with Crippen molar-refractivity contribution < 1.29 is 19.1 Å². The highest BCUT2D eigenvalue weighted by Crippen LogP contribution is 2.38. The highest BCUT2D eigenvalue weighted by atomic mass is 19.1. The first kappa shape index (κ1) is 22.7. The molecule has 0 amide bonds. The number of benzene rings is 2. The maximum Gasteiger partial charge on any atom is 0.334 e. The molecule has 172 valence electrons. The number of halogens is 1. The number of hydrogen-bond donors (Lipinski definition) is 1. The van der Waals surface area contributed by atoms with Crippen LogP contribution in [-0.4, -0.2) is 52.3 Å². The number of aliphatic imine (C=N–C) groups is 1. The van der Waals surface area contributed by atoms with Gasteiger partial charge >= 0.3 is 12.0 Å². The molecule has 2 aliphatic heterocycles. The first-order valence-electron chi connectivity index (χ1n) is 10.7. The van der Waals surface area contributed by atoms with Crippen LogP contribution in [-0.2, 0) is 16.2 Å². The number of allylic oxidation sites excluding steroid dienone is 3. The van der Waals surface area contributed by atoms with Crippen molar-refractivity contribution in [2.75, 3.05) is 14.1 Å². The summed E-state index contributed by atoms with van der Waals surface area (Å²) in [5, 5.41) is 11.6. The summed E-state index contributed by atoms with van der Waals surface area (Å²) in [5.74, 6) is -2.05. The number of hydrogen-bond acceptors (Lipinski definition) is 6. The predicted octanol–water partition coefficient (Wildman–Crippen LogP) is 4.14. The second-order valence-corrected chi connectivity index (χ2v) is 8.28. The van der Waals surface area contributed by atoms with E-state index < -0.39 is 17.7 Å². The smallest absolute Gasteiger partial charge is 0.334 e. The molecule has 0 aliphatic carbocycles. The lowest BCUT2D eigenvalue weighted by Crippen LogP contribution is -2.39. The first-order chi connectivity index (χ1) is 15.8. The maximum atomic E-state index is 13.8. The maximum absolute atomic E-state index is 13.8. The molecule has 4 rings (SSSR count). The van der Waals surface area contributed by atoms with Crippen molar-refractivity contribution in [2.45, 2.75) is 32.6 Å². The third kappa shape index (κ3) is 4.53. The van der Waals surface area contributed by atoms with Crippen LogP contribution in [0, 0.1) is 5.82 Å². The number of hydroxylamine groups is 2. The van der Waals surface area contributed by atoms with Gasteiger partial charge in [-0.1, -0.05) is 48.5 Å². The number of carboxylic acids is 1. The van der Waals surface area contributed by atoms with E-state index in [1.54, 1.807) is 42.1 Å². The van der Waals surface area contributed by atoms with Crippen LogP contribution in [0.4, 0.5) is 4.39 Å². The largest absolute Gasteiger partial charge is 0.478 e. The molecule has 0 bridgehead atoms. The highest BCUT2D eigenvalue weighted by molar-refractivity contribution is 5.92. The average molecular weight is 451 g/mol. The number of aliphatic carboxylic acids is 1. The fraction of sp³-hybridized carbons (Fsp3) is 0.280. The molecule has 0 saturated heterocycles. The van der Waals surface area contributed by atoms with Gasteiger partial charge in [0.15, 0.2) is 6.29 Å². The van der Waals surface area contributed by atoms with Crippen LogP contribution in [0.2, 0.25) is 0 Å². The fourth-order valence-corrected chi connectivity index (χ4v) is 4.36. The minimum atomic E-state index is -1.07. The summed E-state index contributed by atoms with van der Waals surface area (Å²) in [5.41, 5.74) is 3.12. The van der Waals surface area contributed by atoms with Gasteiger partial charge in [0.1, 0.15) is 5.82 Å². The predicted molar refractivity (Wildman–Crippen MR) is 123 cm³/mol. The molecule has 7 nitrogen and oxygen atoms in total. The van der Waals surface area contributed by atoms with Gasteiger partial charge in [-0.15, -0.1) is 5.06 Å². The van der Waals surface area contributed by atoms with E-state index >= 15 is 0 Å². The van der Waals surface area contributed by atoms with Crippen molar-refractivity contribution in [3.63, 3.8) is 0 Å². The molecule has 2 unspecified atom stereocenters. The van der Waals surface area contributed by atoms with Gasteiger partial charge < -0.3 is 9.94 Å².